The predicted molar refractivity (Wildman–Crippen MR) is 133 cm³/mol. The molecule has 2 saturated heterocycles. The minimum atomic E-state index is -1.74. The summed E-state index contributed by atoms with van der Waals surface area (Å²) in [5.41, 5.74) is -0.847. The maximum atomic E-state index is 13.6. The number of phenolic OH excluding ortho intramolecular Hbond substituents is 3. The summed E-state index contributed by atoms with van der Waals surface area (Å²) in [6.45, 7) is 0.737. The van der Waals surface area contributed by atoms with Crippen molar-refractivity contribution < 1.29 is 64.2 Å². The summed E-state index contributed by atoms with van der Waals surface area (Å²) in [5.74, 6) is -1.80. The zero-order chi connectivity index (χ0) is 28.9. The number of phenols is 3. The first kappa shape index (κ1) is 28.1. The first-order valence-electron chi connectivity index (χ1n) is 12.3. The van der Waals surface area contributed by atoms with Gasteiger partial charge in [0.25, 0.3) is 0 Å². The van der Waals surface area contributed by atoms with Crippen LogP contribution >= 0.6 is 0 Å². The SMILES string of the molecule is C[C@@H]1O[C@@H](O[C@H]2[C@H](Oc3c(-c4ccc(O)cc4)oc4cc(O)cc(O)c4c3=O)O[C@@H](CO)[C@H]2O)[C@H](O)[C@H](O)[C@H]1O. The second-order valence-corrected chi connectivity index (χ2v) is 9.59. The molecule has 1 aromatic heterocycles. The van der Waals surface area contributed by atoms with Gasteiger partial charge in [0, 0.05) is 17.7 Å². The van der Waals surface area contributed by atoms with Crippen molar-refractivity contribution in [2.75, 3.05) is 6.61 Å². The lowest BCUT2D eigenvalue weighted by molar-refractivity contribution is -0.316. The number of fused-ring (bicyclic) bond motifs is 1. The van der Waals surface area contributed by atoms with Crippen molar-refractivity contribution in [1.29, 1.82) is 0 Å². The summed E-state index contributed by atoms with van der Waals surface area (Å²) >= 11 is 0. The van der Waals surface area contributed by atoms with Crippen LogP contribution in [0.15, 0.2) is 45.6 Å². The summed E-state index contributed by atoms with van der Waals surface area (Å²) < 4.78 is 28.5. The molecule has 3 heterocycles. The first-order valence-corrected chi connectivity index (χ1v) is 12.3. The Morgan fingerprint density at radius 1 is 0.850 bits per heavy atom. The van der Waals surface area contributed by atoms with Crippen LogP contribution in [0.25, 0.3) is 22.3 Å². The fraction of sp³-hybridized carbons (Fsp3) is 0.423. The maximum absolute atomic E-state index is 13.6. The highest BCUT2D eigenvalue weighted by molar-refractivity contribution is 5.88. The quantitative estimate of drug-likeness (QED) is 0.184. The number of hydrogen-bond donors (Lipinski definition) is 8. The molecule has 0 unspecified atom stereocenters. The Hall–Kier alpha value is -3.47. The minimum absolute atomic E-state index is 0.0845. The van der Waals surface area contributed by atoms with E-state index in [4.69, 9.17) is 23.4 Å². The number of aliphatic hydroxyl groups is 5. The second-order valence-electron chi connectivity index (χ2n) is 9.59. The summed E-state index contributed by atoms with van der Waals surface area (Å²) in [6, 6.07) is 7.48. The van der Waals surface area contributed by atoms with Gasteiger partial charge in [0.1, 0.15) is 58.7 Å². The van der Waals surface area contributed by atoms with E-state index in [9.17, 15) is 45.6 Å². The van der Waals surface area contributed by atoms with Crippen molar-refractivity contribution in [3.05, 3.63) is 46.6 Å². The Bertz CT molecular complexity index is 1420. The topological polar surface area (TPSA) is 229 Å². The molecule has 14 nitrogen and oxygen atoms in total. The molecule has 40 heavy (non-hydrogen) atoms. The van der Waals surface area contributed by atoms with Crippen molar-refractivity contribution in [3.8, 4) is 34.3 Å². The minimum Gasteiger partial charge on any atom is -0.508 e. The van der Waals surface area contributed by atoms with E-state index < -0.39 is 78.8 Å². The van der Waals surface area contributed by atoms with Crippen LogP contribution in [0, 0.1) is 0 Å². The second kappa shape index (κ2) is 10.8. The highest BCUT2D eigenvalue weighted by Crippen LogP contribution is 2.38. The Balaban J connectivity index is 1.57. The van der Waals surface area contributed by atoms with E-state index >= 15 is 0 Å². The lowest BCUT2D eigenvalue weighted by atomic mass is 10.00. The molecule has 0 radical (unpaired) electrons. The summed E-state index contributed by atoms with van der Waals surface area (Å²) in [7, 11) is 0. The van der Waals surface area contributed by atoms with Crippen LogP contribution in [0.2, 0.25) is 0 Å². The predicted octanol–water partition coefficient (Wildman–Crippen LogP) is -0.754. The molecule has 8 N–H and O–H groups in total. The monoisotopic (exact) mass is 564 g/mol. The molecular weight excluding hydrogens is 536 g/mol. The van der Waals surface area contributed by atoms with E-state index in [1.165, 1.54) is 31.2 Å². The van der Waals surface area contributed by atoms with E-state index in [0.29, 0.717) is 0 Å². The van der Waals surface area contributed by atoms with E-state index in [2.05, 4.69) is 0 Å². The Labute approximate surface area is 225 Å². The van der Waals surface area contributed by atoms with Gasteiger partial charge in [-0.1, -0.05) is 0 Å². The lowest BCUT2D eigenvalue weighted by Crippen LogP contribution is -2.59. The van der Waals surface area contributed by atoms with Crippen molar-refractivity contribution in [2.24, 2.45) is 0 Å². The molecule has 2 aliphatic heterocycles. The van der Waals surface area contributed by atoms with Crippen molar-refractivity contribution in [1.82, 2.24) is 0 Å². The summed E-state index contributed by atoms with van der Waals surface area (Å²) in [4.78, 5) is 13.6. The van der Waals surface area contributed by atoms with Gasteiger partial charge in [-0.2, -0.15) is 0 Å². The van der Waals surface area contributed by atoms with Gasteiger partial charge in [-0.05, 0) is 31.2 Å². The maximum Gasteiger partial charge on any atom is 0.239 e. The van der Waals surface area contributed by atoms with Crippen molar-refractivity contribution in [2.45, 2.75) is 62.2 Å². The van der Waals surface area contributed by atoms with E-state index in [1.807, 2.05) is 0 Å². The third-order valence-corrected chi connectivity index (χ3v) is 6.86. The molecule has 0 amide bonds. The molecule has 0 bridgehead atoms. The number of rotatable bonds is 6. The number of aromatic hydroxyl groups is 3. The standard InChI is InChI=1S/C26H28O14/c1-9-17(31)20(34)21(35)25(36-9)40-24-18(32)15(8-27)38-26(24)39-23-19(33)16-13(30)6-12(29)7-14(16)37-22(23)10-2-4-11(28)5-3-10/h2-7,9,15,17-18,20-21,24-32,34-35H,8H2,1H3/t9-,15-,17-,18+,20+,21+,24+,25-,26-/m0/s1. The number of hydrogen-bond acceptors (Lipinski definition) is 14. The van der Waals surface area contributed by atoms with Gasteiger partial charge in [0.15, 0.2) is 18.2 Å². The van der Waals surface area contributed by atoms with Crippen LogP contribution in [0.4, 0.5) is 0 Å². The molecule has 2 aromatic carbocycles. The van der Waals surface area contributed by atoms with Gasteiger partial charge < -0.3 is 64.2 Å². The normalized spacial score (nSPS) is 32.4. The molecule has 2 aliphatic rings. The van der Waals surface area contributed by atoms with Crippen LogP contribution in [0.3, 0.4) is 0 Å². The van der Waals surface area contributed by atoms with E-state index in [0.717, 1.165) is 12.1 Å². The molecule has 0 aliphatic carbocycles. The zero-order valence-corrected chi connectivity index (χ0v) is 20.9. The fourth-order valence-corrected chi connectivity index (χ4v) is 4.67. The first-order chi connectivity index (χ1) is 19.0. The molecule has 0 spiro atoms. The average Bonchev–Trinajstić information content (AvgIpc) is 3.21. The molecule has 2 fully saturated rings. The Morgan fingerprint density at radius 2 is 1.55 bits per heavy atom. The molecule has 14 heteroatoms. The van der Waals surface area contributed by atoms with Gasteiger partial charge >= 0.3 is 0 Å². The number of aliphatic hydroxyl groups excluding tert-OH is 5. The van der Waals surface area contributed by atoms with Crippen LogP contribution in [-0.4, -0.2) is 103 Å². The Morgan fingerprint density at radius 3 is 2.23 bits per heavy atom. The van der Waals surface area contributed by atoms with Gasteiger partial charge in [-0.3, -0.25) is 4.79 Å². The van der Waals surface area contributed by atoms with Crippen LogP contribution in [0.1, 0.15) is 6.92 Å². The molecule has 3 aromatic rings. The highest BCUT2D eigenvalue weighted by Gasteiger charge is 2.51. The van der Waals surface area contributed by atoms with Crippen LogP contribution in [0.5, 0.6) is 23.0 Å². The largest absolute Gasteiger partial charge is 0.508 e. The van der Waals surface area contributed by atoms with E-state index in [1.54, 1.807) is 0 Å². The van der Waals surface area contributed by atoms with Crippen molar-refractivity contribution >= 4 is 11.0 Å². The molecule has 0 saturated carbocycles. The van der Waals surface area contributed by atoms with Crippen LogP contribution in [-0.2, 0) is 14.2 Å². The van der Waals surface area contributed by atoms with Gasteiger partial charge in [-0.15, -0.1) is 0 Å². The molecule has 5 rings (SSSR count). The van der Waals surface area contributed by atoms with Gasteiger partial charge in [-0.25, -0.2) is 0 Å². The summed E-state index contributed by atoms with van der Waals surface area (Å²) in [5, 5.41) is 80.7. The molecule has 216 valence electrons. The van der Waals surface area contributed by atoms with Crippen molar-refractivity contribution in [3.63, 3.8) is 0 Å². The molecule has 9 atom stereocenters. The molecular formula is C26H28O14. The summed E-state index contributed by atoms with van der Waals surface area (Å²) in [6.07, 6.45) is -13.3. The third kappa shape index (κ3) is 4.95. The number of ether oxygens (including phenoxy) is 4. The third-order valence-electron chi connectivity index (χ3n) is 6.86. The zero-order valence-electron chi connectivity index (χ0n) is 20.9. The Kier molecular flexibility index (Phi) is 7.60. The van der Waals surface area contributed by atoms with Gasteiger partial charge in [0.2, 0.25) is 17.5 Å². The average molecular weight is 564 g/mol. The number of benzene rings is 2. The lowest BCUT2D eigenvalue weighted by Gasteiger charge is -2.40. The van der Waals surface area contributed by atoms with Gasteiger partial charge in [0.05, 0.1) is 12.7 Å². The fourth-order valence-electron chi connectivity index (χ4n) is 4.67. The van der Waals surface area contributed by atoms with Crippen LogP contribution < -0.4 is 10.2 Å². The highest BCUT2D eigenvalue weighted by atomic mass is 16.8. The van der Waals surface area contributed by atoms with E-state index in [-0.39, 0.29) is 33.8 Å². The smallest absolute Gasteiger partial charge is 0.239 e.